The first-order valence-electron chi connectivity index (χ1n) is 13.2. The summed E-state index contributed by atoms with van der Waals surface area (Å²) in [6.45, 7) is 3.44. The molecule has 38 heavy (non-hydrogen) atoms. The lowest BCUT2D eigenvalue weighted by Gasteiger charge is -2.29. The number of rotatable bonds is 8. The summed E-state index contributed by atoms with van der Waals surface area (Å²) in [6.07, 6.45) is 3.34. The molecule has 3 heterocycles. The van der Waals surface area contributed by atoms with Crippen LogP contribution in [0.2, 0.25) is 5.02 Å². The zero-order valence-corrected chi connectivity index (χ0v) is 23.0. The van der Waals surface area contributed by atoms with E-state index in [9.17, 15) is 14.7 Å². The van der Waals surface area contributed by atoms with Crippen LogP contribution in [0.15, 0.2) is 53.9 Å². The van der Waals surface area contributed by atoms with Crippen LogP contribution in [0, 0.1) is 6.92 Å². The number of carbonyl (C=O) groups is 2. The molecule has 9 heteroatoms. The van der Waals surface area contributed by atoms with Gasteiger partial charge in [0.25, 0.3) is 11.8 Å². The minimum Gasteiger partial charge on any atom is -0.389 e. The number of nitrogens with zero attached hydrogens (tertiary/aromatic N) is 2. The maximum absolute atomic E-state index is 13.6. The Morgan fingerprint density at radius 1 is 1.18 bits per heavy atom. The van der Waals surface area contributed by atoms with Crippen LogP contribution in [0.4, 0.5) is 0 Å². The summed E-state index contributed by atoms with van der Waals surface area (Å²) in [5, 5.41) is 20.8. The van der Waals surface area contributed by atoms with Gasteiger partial charge in [-0.05, 0) is 69.3 Å². The zero-order valence-electron chi connectivity index (χ0n) is 21.4. The van der Waals surface area contributed by atoms with Gasteiger partial charge in [0.2, 0.25) is 0 Å². The second-order valence-electron chi connectivity index (χ2n) is 10.2. The van der Waals surface area contributed by atoms with E-state index < -0.39 is 12.1 Å². The van der Waals surface area contributed by atoms with Crippen molar-refractivity contribution in [2.24, 2.45) is 0 Å². The summed E-state index contributed by atoms with van der Waals surface area (Å²) < 4.78 is 0. The van der Waals surface area contributed by atoms with Crippen LogP contribution in [0.25, 0.3) is 0 Å². The van der Waals surface area contributed by atoms with Crippen LogP contribution in [-0.4, -0.2) is 58.1 Å². The third-order valence-electron chi connectivity index (χ3n) is 7.38. The van der Waals surface area contributed by atoms with Crippen LogP contribution in [0.1, 0.15) is 68.7 Å². The topological polar surface area (TPSA) is 94.6 Å². The van der Waals surface area contributed by atoms with Gasteiger partial charge in [-0.3, -0.25) is 9.59 Å². The van der Waals surface area contributed by atoms with Crippen LogP contribution < -0.4 is 10.6 Å². The van der Waals surface area contributed by atoms with Crippen molar-refractivity contribution in [3.8, 4) is 0 Å². The van der Waals surface area contributed by atoms with Crippen LogP contribution in [0.5, 0.6) is 0 Å². The number of aromatic nitrogens is 1. The van der Waals surface area contributed by atoms with Gasteiger partial charge in [0.1, 0.15) is 5.01 Å². The van der Waals surface area contributed by atoms with E-state index in [1.807, 2.05) is 47.5 Å². The summed E-state index contributed by atoms with van der Waals surface area (Å²) in [5.41, 5.74) is 2.65. The number of benzene rings is 2. The third kappa shape index (κ3) is 6.10. The highest BCUT2D eigenvalue weighted by atomic mass is 35.5. The number of aliphatic hydroxyl groups is 1. The van der Waals surface area contributed by atoms with Gasteiger partial charge in [-0.2, -0.15) is 0 Å². The monoisotopic (exact) mass is 552 g/mol. The summed E-state index contributed by atoms with van der Waals surface area (Å²) in [4.78, 5) is 33.5. The largest absolute Gasteiger partial charge is 0.389 e. The van der Waals surface area contributed by atoms with E-state index in [-0.39, 0.29) is 23.9 Å². The van der Waals surface area contributed by atoms with E-state index in [1.165, 1.54) is 0 Å². The number of hydrogen-bond acceptors (Lipinski definition) is 6. The number of nitrogens with one attached hydrogen (secondary N) is 2. The van der Waals surface area contributed by atoms with Crippen LogP contribution in [0.3, 0.4) is 0 Å². The molecule has 3 N–H and O–H groups in total. The normalized spacial score (nSPS) is 20.9. The number of amides is 2. The summed E-state index contributed by atoms with van der Waals surface area (Å²) in [6, 6.07) is 13.9. The van der Waals surface area contributed by atoms with Gasteiger partial charge in [-0.15, -0.1) is 11.3 Å². The standard InChI is InChI=1S/C29H33ClN4O3S/c1-18-17-38-28(32-18)25-10-6-12-34(25)29(37)21-14-20(15-22(30)16-21)27(36)33-24(13-19-7-3-2-4-8-19)26(35)23-9-5-11-31-23/h2-4,7-8,14-17,23-26,31,35H,5-6,9-13H2,1H3,(H,33,36). The molecule has 4 unspecified atom stereocenters. The van der Waals surface area contributed by atoms with E-state index in [4.69, 9.17) is 11.6 Å². The molecule has 2 fully saturated rings. The Bertz CT molecular complexity index is 1280. The molecular formula is C29H33ClN4O3S. The van der Waals surface area contributed by atoms with Gasteiger partial charge >= 0.3 is 0 Å². The first kappa shape index (κ1) is 26.8. The lowest BCUT2D eigenvalue weighted by molar-refractivity contribution is 0.0733. The Morgan fingerprint density at radius 3 is 2.68 bits per heavy atom. The smallest absolute Gasteiger partial charge is 0.254 e. The fourth-order valence-electron chi connectivity index (χ4n) is 5.46. The summed E-state index contributed by atoms with van der Waals surface area (Å²) >= 11 is 7.98. The van der Waals surface area contributed by atoms with Crippen LogP contribution in [-0.2, 0) is 6.42 Å². The van der Waals surface area contributed by atoms with Crippen molar-refractivity contribution < 1.29 is 14.7 Å². The average Bonchev–Trinajstić information content (AvgIpc) is 3.69. The quantitative estimate of drug-likeness (QED) is 0.381. The Morgan fingerprint density at radius 2 is 1.97 bits per heavy atom. The second kappa shape index (κ2) is 11.9. The lowest BCUT2D eigenvalue weighted by Crippen LogP contribution is -2.52. The Balaban J connectivity index is 1.36. The molecule has 0 spiro atoms. The molecule has 1 aromatic heterocycles. The number of thiazole rings is 1. The Hall–Kier alpha value is -2.78. The highest BCUT2D eigenvalue weighted by Gasteiger charge is 2.34. The van der Waals surface area contributed by atoms with E-state index in [0.717, 1.165) is 48.5 Å². The van der Waals surface area contributed by atoms with Crippen molar-refractivity contribution in [3.63, 3.8) is 0 Å². The lowest BCUT2D eigenvalue weighted by atomic mass is 9.95. The van der Waals surface area contributed by atoms with Crippen molar-refractivity contribution >= 4 is 34.8 Å². The molecule has 7 nitrogen and oxygen atoms in total. The molecule has 0 bridgehead atoms. The number of aryl methyl sites for hydroxylation is 1. The molecule has 0 aliphatic carbocycles. The number of carbonyl (C=O) groups excluding carboxylic acids is 2. The predicted molar refractivity (Wildman–Crippen MR) is 150 cm³/mol. The van der Waals surface area contributed by atoms with E-state index >= 15 is 0 Å². The molecule has 2 saturated heterocycles. The summed E-state index contributed by atoms with van der Waals surface area (Å²) in [7, 11) is 0. The van der Waals surface area contributed by atoms with E-state index in [0.29, 0.717) is 29.1 Å². The molecule has 5 rings (SSSR count). The van der Waals surface area contributed by atoms with Crippen molar-refractivity contribution in [1.29, 1.82) is 0 Å². The maximum atomic E-state index is 13.6. The van der Waals surface area contributed by atoms with Gasteiger partial charge in [0, 0.05) is 39.8 Å². The molecule has 0 saturated carbocycles. The highest BCUT2D eigenvalue weighted by molar-refractivity contribution is 7.09. The van der Waals surface area contributed by atoms with Crippen molar-refractivity contribution in [1.82, 2.24) is 20.5 Å². The Labute approximate surface area is 232 Å². The van der Waals surface area contributed by atoms with E-state index in [1.54, 1.807) is 29.5 Å². The molecular weight excluding hydrogens is 520 g/mol. The van der Waals surface area contributed by atoms with E-state index in [2.05, 4.69) is 15.6 Å². The first-order valence-corrected chi connectivity index (χ1v) is 14.4. The van der Waals surface area contributed by atoms with Gasteiger partial charge in [0.15, 0.2) is 0 Å². The molecule has 4 atom stereocenters. The van der Waals surface area contributed by atoms with Gasteiger partial charge in [-0.25, -0.2) is 4.98 Å². The van der Waals surface area contributed by atoms with Gasteiger partial charge in [-0.1, -0.05) is 41.9 Å². The molecule has 2 aliphatic heterocycles. The first-order chi connectivity index (χ1) is 18.4. The SMILES string of the molecule is Cc1csc(C2CCCN2C(=O)c2cc(Cl)cc(C(=O)NC(Cc3ccccc3)C(O)C3CCCN3)c2)n1. The molecule has 0 radical (unpaired) electrons. The third-order valence-corrected chi connectivity index (χ3v) is 8.66. The number of hydrogen-bond donors (Lipinski definition) is 3. The number of aliphatic hydroxyl groups excluding tert-OH is 1. The minimum atomic E-state index is -0.756. The second-order valence-corrected chi connectivity index (χ2v) is 11.5. The van der Waals surface area contributed by atoms with Crippen molar-refractivity contribution in [2.75, 3.05) is 13.1 Å². The van der Waals surface area contributed by atoms with Gasteiger partial charge < -0.3 is 20.6 Å². The molecule has 2 aliphatic rings. The van der Waals surface area contributed by atoms with Gasteiger partial charge in [0.05, 0.1) is 18.2 Å². The fourth-order valence-corrected chi connectivity index (χ4v) is 6.64. The van der Waals surface area contributed by atoms with Crippen molar-refractivity contribution in [3.05, 3.63) is 86.3 Å². The summed E-state index contributed by atoms with van der Waals surface area (Å²) in [5.74, 6) is -0.527. The highest BCUT2D eigenvalue weighted by Crippen LogP contribution is 2.35. The number of halogens is 1. The van der Waals surface area contributed by atoms with Crippen LogP contribution >= 0.6 is 22.9 Å². The zero-order chi connectivity index (χ0) is 26.6. The van der Waals surface area contributed by atoms with Crippen molar-refractivity contribution in [2.45, 2.75) is 63.3 Å². The molecule has 2 amide bonds. The molecule has 2 aromatic carbocycles. The fraction of sp³-hybridized carbons (Fsp3) is 0.414. The number of likely N-dealkylation sites (tertiary alicyclic amines) is 1. The average molecular weight is 553 g/mol. The Kier molecular flexibility index (Phi) is 8.43. The molecule has 200 valence electrons. The minimum absolute atomic E-state index is 0.0678. The maximum Gasteiger partial charge on any atom is 0.254 e. The predicted octanol–water partition coefficient (Wildman–Crippen LogP) is 4.54. The molecule has 3 aromatic rings.